The molecule has 1 unspecified atom stereocenters. The maximum absolute atomic E-state index is 12.7. The maximum atomic E-state index is 12.7. The Kier molecular flexibility index (Phi) is 11.3. The molecule has 0 fully saturated rings. The van der Waals surface area contributed by atoms with Gasteiger partial charge < -0.3 is 20.1 Å². The van der Waals surface area contributed by atoms with Crippen molar-refractivity contribution in [2.75, 3.05) is 7.11 Å². The lowest BCUT2D eigenvalue weighted by Gasteiger charge is -2.27. The van der Waals surface area contributed by atoms with Gasteiger partial charge in [0, 0.05) is 0 Å². The van der Waals surface area contributed by atoms with Crippen molar-refractivity contribution in [1.29, 1.82) is 0 Å². The highest BCUT2D eigenvalue weighted by Gasteiger charge is 2.30. The van der Waals surface area contributed by atoms with Crippen molar-refractivity contribution in [3.8, 4) is 0 Å². The highest BCUT2D eigenvalue weighted by atomic mass is 28.3. The molecule has 0 saturated carbocycles. The van der Waals surface area contributed by atoms with Crippen LogP contribution >= 0.6 is 0 Å². The molecule has 0 saturated heterocycles. The number of unbranched alkanes of at least 4 members (excludes halogenated alkanes) is 1. The van der Waals surface area contributed by atoms with Crippen LogP contribution in [0.1, 0.15) is 53.4 Å². The number of hydrogen-bond acceptors (Lipinski definition) is 5. The van der Waals surface area contributed by atoms with Crippen molar-refractivity contribution in [3.63, 3.8) is 0 Å². The number of ether oxygens (including phenoxy) is 2. The van der Waals surface area contributed by atoms with Crippen LogP contribution in [0.3, 0.4) is 0 Å². The first-order chi connectivity index (χ1) is 12.4. The Bertz CT molecular complexity index is 491. The van der Waals surface area contributed by atoms with Gasteiger partial charge in [0.2, 0.25) is 5.91 Å². The van der Waals surface area contributed by atoms with Crippen molar-refractivity contribution in [3.05, 3.63) is 0 Å². The summed E-state index contributed by atoms with van der Waals surface area (Å²) >= 11 is 0. The Hall–Kier alpha value is -1.57. The number of methoxy groups -OCH3 is 1. The third-order valence-corrected chi connectivity index (χ3v) is 7.02. The maximum Gasteiger partial charge on any atom is 0.407 e. The van der Waals surface area contributed by atoms with Crippen molar-refractivity contribution in [2.45, 2.75) is 90.8 Å². The van der Waals surface area contributed by atoms with E-state index in [0.717, 1.165) is 12.8 Å². The van der Waals surface area contributed by atoms with Crippen LogP contribution in [0.2, 0.25) is 19.6 Å². The molecular weight excluding hydrogens is 364 g/mol. The second-order valence-electron chi connectivity index (χ2n) is 8.47. The molecule has 3 atom stereocenters. The standard InChI is InChI=1S/C19H38N2O5Si/c1-9-10-11-15(18(23)25-5)20-17(22)16(12-13(2)3)21-19(24)26-14(4)27(6,7)8/h13-16H,9-12H2,1-8H3,(H,20,22)(H,21,24)/t14?,15-,16-/m0/s1. The topological polar surface area (TPSA) is 93.7 Å². The Morgan fingerprint density at radius 3 is 2.04 bits per heavy atom. The molecule has 0 aliphatic rings. The molecule has 0 aromatic rings. The van der Waals surface area contributed by atoms with Gasteiger partial charge in [-0.15, -0.1) is 0 Å². The first-order valence-electron chi connectivity index (χ1n) is 9.77. The zero-order valence-corrected chi connectivity index (χ0v) is 19.2. The van der Waals surface area contributed by atoms with E-state index in [0.29, 0.717) is 12.8 Å². The van der Waals surface area contributed by atoms with Gasteiger partial charge in [-0.2, -0.15) is 0 Å². The SMILES string of the molecule is CCCC[C@H](NC(=O)[C@H](CC(C)C)NC(=O)OC(C)[Si](C)(C)C)C(=O)OC. The highest BCUT2D eigenvalue weighted by Crippen LogP contribution is 2.12. The van der Waals surface area contributed by atoms with Gasteiger partial charge in [-0.3, -0.25) is 4.79 Å². The first kappa shape index (κ1) is 25.4. The lowest BCUT2D eigenvalue weighted by molar-refractivity contribution is -0.145. The van der Waals surface area contributed by atoms with Crippen LogP contribution < -0.4 is 10.6 Å². The fourth-order valence-corrected chi connectivity index (χ4v) is 2.75. The summed E-state index contributed by atoms with van der Waals surface area (Å²) in [6.45, 7) is 14.1. The van der Waals surface area contributed by atoms with Crippen LogP contribution in [0.25, 0.3) is 0 Å². The first-order valence-corrected chi connectivity index (χ1v) is 13.3. The Labute approximate surface area is 165 Å². The minimum atomic E-state index is -1.64. The van der Waals surface area contributed by atoms with Gasteiger partial charge in [-0.1, -0.05) is 53.3 Å². The summed E-state index contributed by atoms with van der Waals surface area (Å²) in [4.78, 5) is 36.9. The van der Waals surface area contributed by atoms with Gasteiger partial charge in [-0.25, -0.2) is 9.59 Å². The lowest BCUT2D eigenvalue weighted by Crippen LogP contribution is -2.53. The van der Waals surface area contributed by atoms with Crippen molar-refractivity contribution in [2.24, 2.45) is 5.92 Å². The molecule has 0 aromatic carbocycles. The molecule has 2 N–H and O–H groups in total. The van der Waals surface area contributed by atoms with E-state index in [-0.39, 0.29) is 11.6 Å². The number of alkyl carbamates (subject to hydrolysis) is 1. The summed E-state index contributed by atoms with van der Waals surface area (Å²) in [5.74, 6) is -0.689. The molecule has 2 amide bonds. The molecule has 0 aliphatic carbocycles. The molecule has 7 nitrogen and oxygen atoms in total. The Balaban J connectivity index is 5.06. The summed E-state index contributed by atoms with van der Waals surface area (Å²) in [6.07, 6.45) is 2.04. The number of esters is 1. The average Bonchev–Trinajstić information content (AvgIpc) is 2.55. The average molecular weight is 403 g/mol. The van der Waals surface area contributed by atoms with E-state index >= 15 is 0 Å². The van der Waals surface area contributed by atoms with E-state index in [9.17, 15) is 14.4 Å². The van der Waals surface area contributed by atoms with Crippen molar-refractivity contribution >= 4 is 26.0 Å². The number of nitrogens with one attached hydrogen (secondary N) is 2. The fourth-order valence-electron chi connectivity index (χ4n) is 2.29. The summed E-state index contributed by atoms with van der Waals surface area (Å²) < 4.78 is 10.2. The smallest absolute Gasteiger partial charge is 0.407 e. The van der Waals surface area contributed by atoms with Gasteiger partial charge in [0.25, 0.3) is 0 Å². The van der Waals surface area contributed by atoms with Crippen LogP contribution in [0.4, 0.5) is 4.79 Å². The van der Waals surface area contributed by atoms with Gasteiger partial charge in [0.1, 0.15) is 12.1 Å². The molecular formula is C19H38N2O5Si. The highest BCUT2D eigenvalue weighted by molar-refractivity contribution is 6.77. The molecule has 158 valence electrons. The van der Waals surface area contributed by atoms with E-state index in [1.165, 1.54) is 7.11 Å². The zero-order valence-electron chi connectivity index (χ0n) is 18.2. The molecule has 0 rings (SSSR count). The minimum Gasteiger partial charge on any atom is -0.467 e. The van der Waals surface area contributed by atoms with Crippen LogP contribution in [-0.4, -0.2) is 51.0 Å². The van der Waals surface area contributed by atoms with Gasteiger partial charge in [-0.05, 0) is 25.7 Å². The van der Waals surface area contributed by atoms with Crippen LogP contribution in [-0.2, 0) is 19.1 Å². The zero-order chi connectivity index (χ0) is 21.2. The molecule has 0 bridgehead atoms. The molecule has 27 heavy (non-hydrogen) atoms. The van der Waals surface area contributed by atoms with Gasteiger partial charge in [0.15, 0.2) is 0 Å². The monoisotopic (exact) mass is 402 g/mol. The third-order valence-electron chi connectivity index (χ3n) is 4.47. The van der Waals surface area contributed by atoms with E-state index in [4.69, 9.17) is 9.47 Å². The van der Waals surface area contributed by atoms with Crippen LogP contribution in [0.5, 0.6) is 0 Å². The van der Waals surface area contributed by atoms with E-state index < -0.39 is 38.1 Å². The predicted octanol–water partition coefficient (Wildman–Crippen LogP) is 3.24. The summed E-state index contributed by atoms with van der Waals surface area (Å²) in [5, 5.41) is 5.39. The number of carbonyl (C=O) groups excluding carboxylic acids is 3. The van der Waals surface area contributed by atoms with E-state index in [2.05, 4.69) is 30.3 Å². The largest absolute Gasteiger partial charge is 0.467 e. The molecule has 0 spiro atoms. The predicted molar refractivity (Wildman–Crippen MR) is 109 cm³/mol. The summed E-state index contributed by atoms with van der Waals surface area (Å²) in [6, 6.07) is -1.48. The normalized spacial score (nSPS) is 14.9. The second-order valence-corrected chi connectivity index (χ2v) is 14.0. The quantitative estimate of drug-likeness (QED) is 0.409. The summed E-state index contributed by atoms with van der Waals surface area (Å²) in [5.41, 5.74) is -0.173. The van der Waals surface area contributed by atoms with Crippen LogP contribution in [0, 0.1) is 5.92 Å². The number of hydrogen-bond donors (Lipinski definition) is 2. The third kappa shape index (κ3) is 10.4. The number of rotatable bonds is 11. The summed E-state index contributed by atoms with van der Waals surface area (Å²) in [7, 11) is -0.341. The van der Waals surface area contributed by atoms with Crippen molar-refractivity contribution in [1.82, 2.24) is 10.6 Å². The molecule has 0 heterocycles. The van der Waals surface area contributed by atoms with E-state index in [1.807, 2.05) is 27.7 Å². The fraction of sp³-hybridized carbons (Fsp3) is 0.842. The molecule has 8 heteroatoms. The van der Waals surface area contributed by atoms with Gasteiger partial charge in [0.05, 0.1) is 20.9 Å². The Morgan fingerprint density at radius 1 is 1.00 bits per heavy atom. The van der Waals surface area contributed by atoms with E-state index in [1.54, 1.807) is 0 Å². The van der Waals surface area contributed by atoms with Gasteiger partial charge >= 0.3 is 12.1 Å². The molecule has 0 aliphatic heterocycles. The lowest BCUT2D eigenvalue weighted by atomic mass is 10.0. The molecule has 0 aromatic heterocycles. The van der Waals surface area contributed by atoms with Crippen LogP contribution in [0.15, 0.2) is 0 Å². The molecule has 0 radical (unpaired) electrons. The second kappa shape index (κ2) is 12.0. The minimum absolute atomic E-state index is 0.173. The number of amides is 2. The Morgan fingerprint density at radius 2 is 1.59 bits per heavy atom. The van der Waals surface area contributed by atoms with Crippen molar-refractivity contribution < 1.29 is 23.9 Å². The number of carbonyl (C=O) groups is 3.